The van der Waals surface area contributed by atoms with Crippen molar-refractivity contribution in [1.29, 1.82) is 0 Å². The summed E-state index contributed by atoms with van der Waals surface area (Å²) in [6.45, 7) is 0.532. The lowest BCUT2D eigenvalue weighted by Crippen LogP contribution is -2.45. The molecule has 2 saturated carbocycles. The molecule has 1 nitrogen and oxygen atoms in total. The van der Waals surface area contributed by atoms with Crippen molar-refractivity contribution in [1.82, 2.24) is 5.32 Å². The average Bonchev–Trinajstić information content (AvgIpc) is 3.00. The van der Waals surface area contributed by atoms with Gasteiger partial charge in [-0.1, -0.05) is 32.1 Å². The summed E-state index contributed by atoms with van der Waals surface area (Å²) in [5.74, 6) is 0.658. The molecule has 94 valence electrons. The van der Waals surface area contributed by atoms with Crippen molar-refractivity contribution in [2.75, 3.05) is 6.54 Å². The first-order chi connectivity index (χ1) is 7.54. The molecule has 0 heterocycles. The van der Waals surface area contributed by atoms with Crippen LogP contribution in [0.1, 0.15) is 51.4 Å². The minimum absolute atomic E-state index is 0.265. The molecule has 2 fully saturated rings. The standard InChI is InChI=1S/C12H20F3N/c13-12(14,15)11(7-8-11)16-9-6-10-4-2-1-3-5-10/h10,16H,1-9H2. The molecule has 0 radical (unpaired) electrons. The fourth-order valence-electron chi connectivity index (χ4n) is 2.68. The molecule has 0 atom stereocenters. The zero-order chi connectivity index (χ0) is 11.6. The molecule has 0 aliphatic heterocycles. The van der Waals surface area contributed by atoms with Crippen LogP contribution in [0, 0.1) is 5.92 Å². The first-order valence-corrected chi connectivity index (χ1v) is 6.35. The van der Waals surface area contributed by atoms with Gasteiger partial charge in [-0.3, -0.25) is 0 Å². The summed E-state index contributed by atoms with van der Waals surface area (Å²) in [6.07, 6.45) is 3.63. The number of halogens is 3. The number of rotatable bonds is 4. The van der Waals surface area contributed by atoms with Crippen molar-refractivity contribution in [3.63, 3.8) is 0 Å². The van der Waals surface area contributed by atoms with Crippen molar-refractivity contribution in [3.05, 3.63) is 0 Å². The molecule has 0 bridgehead atoms. The quantitative estimate of drug-likeness (QED) is 0.784. The van der Waals surface area contributed by atoms with E-state index in [9.17, 15) is 13.2 Å². The van der Waals surface area contributed by atoms with Gasteiger partial charge < -0.3 is 5.32 Å². The van der Waals surface area contributed by atoms with Crippen LogP contribution < -0.4 is 5.32 Å². The van der Waals surface area contributed by atoms with Crippen molar-refractivity contribution in [2.24, 2.45) is 5.92 Å². The molecule has 0 unspecified atom stereocenters. The Morgan fingerprint density at radius 2 is 1.69 bits per heavy atom. The maximum atomic E-state index is 12.6. The number of hydrogen-bond donors (Lipinski definition) is 1. The fourth-order valence-corrected chi connectivity index (χ4v) is 2.68. The zero-order valence-corrected chi connectivity index (χ0v) is 9.58. The molecule has 1 N–H and O–H groups in total. The highest BCUT2D eigenvalue weighted by Crippen LogP contribution is 2.48. The molecule has 0 aromatic carbocycles. The van der Waals surface area contributed by atoms with Crippen LogP contribution in [0.25, 0.3) is 0 Å². The van der Waals surface area contributed by atoms with E-state index in [-0.39, 0.29) is 12.8 Å². The second kappa shape index (κ2) is 4.55. The zero-order valence-electron chi connectivity index (χ0n) is 9.58. The molecule has 0 aromatic rings. The van der Waals surface area contributed by atoms with Crippen molar-refractivity contribution in [2.45, 2.75) is 63.1 Å². The van der Waals surface area contributed by atoms with Crippen LogP contribution in [0.2, 0.25) is 0 Å². The second-order valence-electron chi connectivity index (χ2n) is 5.30. The highest BCUT2D eigenvalue weighted by atomic mass is 19.4. The van der Waals surface area contributed by atoms with E-state index in [4.69, 9.17) is 0 Å². The smallest absolute Gasteiger partial charge is 0.304 e. The topological polar surface area (TPSA) is 12.0 Å². The third-order valence-electron chi connectivity index (χ3n) is 4.03. The van der Waals surface area contributed by atoms with Gasteiger partial charge in [0.15, 0.2) is 0 Å². The van der Waals surface area contributed by atoms with Crippen LogP contribution in [-0.2, 0) is 0 Å². The van der Waals surface area contributed by atoms with Crippen molar-refractivity contribution >= 4 is 0 Å². The van der Waals surface area contributed by atoms with Gasteiger partial charge in [-0.15, -0.1) is 0 Å². The molecule has 2 aliphatic carbocycles. The van der Waals surface area contributed by atoms with Gasteiger partial charge in [0.25, 0.3) is 0 Å². The number of alkyl halides is 3. The minimum atomic E-state index is -4.06. The lowest BCUT2D eigenvalue weighted by Gasteiger charge is -2.24. The Morgan fingerprint density at radius 3 is 2.19 bits per heavy atom. The Morgan fingerprint density at radius 1 is 1.06 bits per heavy atom. The van der Waals surface area contributed by atoms with E-state index in [0.29, 0.717) is 12.5 Å². The predicted molar refractivity (Wildman–Crippen MR) is 57.2 cm³/mol. The molecular formula is C12H20F3N. The Labute approximate surface area is 94.8 Å². The predicted octanol–water partition coefficient (Wildman–Crippen LogP) is 3.64. The molecule has 0 spiro atoms. The van der Waals surface area contributed by atoms with Crippen LogP contribution in [0.5, 0.6) is 0 Å². The van der Waals surface area contributed by atoms with Crippen LogP contribution in [-0.4, -0.2) is 18.3 Å². The first-order valence-electron chi connectivity index (χ1n) is 6.35. The van der Waals surface area contributed by atoms with E-state index in [1.807, 2.05) is 0 Å². The number of nitrogens with one attached hydrogen (secondary N) is 1. The summed E-state index contributed by atoms with van der Waals surface area (Å²) < 4.78 is 37.8. The first kappa shape index (κ1) is 12.2. The largest absolute Gasteiger partial charge is 0.406 e. The van der Waals surface area contributed by atoms with Gasteiger partial charge in [-0.2, -0.15) is 13.2 Å². The van der Waals surface area contributed by atoms with E-state index in [1.165, 1.54) is 32.1 Å². The summed E-state index contributed by atoms with van der Waals surface area (Å²) in [6, 6.07) is 0. The van der Waals surface area contributed by atoms with Gasteiger partial charge in [0, 0.05) is 0 Å². The van der Waals surface area contributed by atoms with E-state index >= 15 is 0 Å². The maximum absolute atomic E-state index is 12.6. The van der Waals surface area contributed by atoms with Crippen LogP contribution in [0.4, 0.5) is 13.2 Å². The highest BCUT2D eigenvalue weighted by molar-refractivity contribution is 5.07. The summed E-state index contributed by atoms with van der Waals surface area (Å²) in [7, 11) is 0. The van der Waals surface area contributed by atoms with Crippen LogP contribution in [0.3, 0.4) is 0 Å². The summed E-state index contributed by atoms with van der Waals surface area (Å²) in [5.41, 5.74) is -1.51. The molecule has 4 heteroatoms. The van der Waals surface area contributed by atoms with Crippen LogP contribution in [0.15, 0.2) is 0 Å². The van der Waals surface area contributed by atoms with Crippen molar-refractivity contribution in [3.8, 4) is 0 Å². The SMILES string of the molecule is FC(F)(F)C1(NCCC2CCCCC2)CC1. The van der Waals surface area contributed by atoms with Gasteiger partial charge in [0.2, 0.25) is 0 Å². The maximum Gasteiger partial charge on any atom is 0.406 e. The molecule has 0 amide bonds. The van der Waals surface area contributed by atoms with E-state index in [1.54, 1.807) is 0 Å². The van der Waals surface area contributed by atoms with Gasteiger partial charge in [-0.25, -0.2) is 0 Å². The van der Waals surface area contributed by atoms with Gasteiger partial charge in [0.05, 0.1) is 0 Å². The third kappa shape index (κ3) is 2.70. The molecular weight excluding hydrogens is 215 g/mol. The Kier molecular flexibility index (Phi) is 3.48. The highest BCUT2D eigenvalue weighted by Gasteiger charge is 2.62. The lowest BCUT2D eigenvalue weighted by atomic mass is 9.87. The van der Waals surface area contributed by atoms with E-state index in [0.717, 1.165) is 6.42 Å². The summed E-state index contributed by atoms with van der Waals surface area (Å²) in [5, 5.41) is 2.73. The summed E-state index contributed by atoms with van der Waals surface area (Å²) in [4.78, 5) is 0. The Bertz CT molecular complexity index is 227. The normalized spacial score (nSPS) is 25.7. The average molecular weight is 235 g/mol. The van der Waals surface area contributed by atoms with E-state index < -0.39 is 11.7 Å². The van der Waals surface area contributed by atoms with Gasteiger partial charge in [0.1, 0.15) is 5.54 Å². The molecule has 2 aliphatic rings. The third-order valence-corrected chi connectivity index (χ3v) is 4.03. The monoisotopic (exact) mass is 235 g/mol. The molecule has 0 aromatic heterocycles. The van der Waals surface area contributed by atoms with Crippen LogP contribution >= 0.6 is 0 Å². The van der Waals surface area contributed by atoms with Crippen molar-refractivity contribution < 1.29 is 13.2 Å². The fraction of sp³-hybridized carbons (Fsp3) is 1.00. The molecule has 0 saturated heterocycles. The van der Waals surface area contributed by atoms with Gasteiger partial charge >= 0.3 is 6.18 Å². The van der Waals surface area contributed by atoms with E-state index in [2.05, 4.69) is 5.32 Å². The minimum Gasteiger partial charge on any atom is -0.304 e. The summed E-state index contributed by atoms with van der Waals surface area (Å²) >= 11 is 0. The number of hydrogen-bond acceptors (Lipinski definition) is 1. The Balaban J connectivity index is 1.68. The second-order valence-corrected chi connectivity index (χ2v) is 5.30. The van der Waals surface area contributed by atoms with Gasteiger partial charge in [-0.05, 0) is 31.7 Å². The Hall–Kier alpha value is -0.250. The molecule has 16 heavy (non-hydrogen) atoms. The molecule has 2 rings (SSSR count). The lowest BCUT2D eigenvalue weighted by molar-refractivity contribution is -0.165.